The van der Waals surface area contributed by atoms with E-state index in [2.05, 4.69) is 11.8 Å². The van der Waals surface area contributed by atoms with Gasteiger partial charge in [0.15, 0.2) is 0 Å². The quantitative estimate of drug-likeness (QED) is 0.0729. The van der Waals surface area contributed by atoms with Crippen LogP contribution in [-0.4, -0.2) is 38.6 Å². The molecule has 42 heavy (non-hydrogen) atoms. The summed E-state index contributed by atoms with van der Waals surface area (Å²) in [5.74, 6) is 0.637. The van der Waals surface area contributed by atoms with Gasteiger partial charge in [-0.2, -0.15) is 0 Å². The minimum absolute atomic E-state index is 0. The van der Waals surface area contributed by atoms with Crippen LogP contribution in [-0.2, 0) is 62.6 Å². The molecule has 0 saturated heterocycles. The van der Waals surface area contributed by atoms with Crippen LogP contribution >= 0.6 is 20.2 Å². The van der Waals surface area contributed by atoms with Crippen molar-refractivity contribution < 1.29 is 174 Å². The molecule has 2 atom stereocenters. The SMILES string of the molecule is CC(C)COP([O-])(=S)OCC(C)C.CCC(C)OP([O-])(=S)OC(C)CC.CCCCOP([O-])(=S)OCCCC.[K+].[K+].[Na+]. The van der Waals surface area contributed by atoms with Crippen molar-refractivity contribution in [3.8, 4) is 0 Å². The summed E-state index contributed by atoms with van der Waals surface area (Å²) in [5.41, 5.74) is 0. The van der Waals surface area contributed by atoms with Crippen LogP contribution in [0.3, 0.4) is 0 Å². The van der Waals surface area contributed by atoms with Crippen molar-refractivity contribution in [2.24, 2.45) is 11.8 Å². The van der Waals surface area contributed by atoms with Gasteiger partial charge in [0.05, 0.1) is 38.6 Å². The van der Waals surface area contributed by atoms with Crippen LogP contribution in [0.25, 0.3) is 0 Å². The van der Waals surface area contributed by atoms with Crippen LogP contribution in [0.15, 0.2) is 0 Å². The van der Waals surface area contributed by atoms with Crippen LogP contribution in [0.5, 0.6) is 0 Å². The average Bonchev–Trinajstić information content (AvgIpc) is 2.82. The van der Waals surface area contributed by atoms with Crippen LogP contribution < -0.4 is 147 Å². The molecule has 9 nitrogen and oxygen atoms in total. The van der Waals surface area contributed by atoms with E-state index in [1.165, 1.54) is 0 Å². The molecule has 0 aromatic carbocycles. The summed E-state index contributed by atoms with van der Waals surface area (Å²) < 4.78 is 30.1. The smallest absolute Gasteiger partial charge is 0.780 e. The molecule has 0 aromatic heterocycles. The first-order chi connectivity index (χ1) is 17.9. The average molecular weight is 777 g/mol. The molecule has 18 heteroatoms. The Bertz CT molecular complexity index is 688. The Morgan fingerprint density at radius 2 is 0.833 bits per heavy atom. The zero-order valence-electron chi connectivity index (χ0n) is 28.6. The molecule has 0 aliphatic heterocycles. The van der Waals surface area contributed by atoms with E-state index in [1.54, 1.807) is 0 Å². The normalized spacial score (nSPS) is 14.1. The summed E-state index contributed by atoms with van der Waals surface area (Å²) in [7, 11) is 0. The molecule has 240 valence electrons. The summed E-state index contributed by atoms with van der Waals surface area (Å²) in [6, 6.07) is 0. The molecular weight excluding hydrogens is 723 g/mol. The molecular formula is C24H54K2NaO9P3S3. The second-order valence-corrected chi connectivity index (χ2v) is 17.9. The zero-order valence-corrected chi connectivity index (χ0v) is 42.0. The van der Waals surface area contributed by atoms with Crippen LogP contribution in [0.1, 0.15) is 108 Å². The first-order valence-corrected chi connectivity index (χ1v) is 21.4. The van der Waals surface area contributed by atoms with Gasteiger partial charge >= 0.3 is 132 Å². The molecule has 0 aliphatic rings. The fraction of sp³-hybridized carbons (Fsp3) is 1.00. The Balaban J connectivity index is -0.000000112. The Labute approximate surface area is 381 Å². The maximum Gasteiger partial charge on any atom is 1.00 e. The molecule has 0 saturated carbocycles. The Hall–Kier alpha value is 5.86. The molecule has 0 fully saturated rings. The largest absolute Gasteiger partial charge is 1.00 e. The van der Waals surface area contributed by atoms with E-state index in [0.717, 1.165) is 38.5 Å². The second-order valence-electron chi connectivity index (χ2n) is 9.74. The van der Waals surface area contributed by atoms with Crippen molar-refractivity contribution in [2.75, 3.05) is 26.4 Å². The summed E-state index contributed by atoms with van der Waals surface area (Å²) in [6.45, 7) is 11.5. The second kappa shape index (κ2) is 36.6. The fourth-order valence-corrected chi connectivity index (χ4v) is 6.55. The van der Waals surface area contributed by atoms with E-state index in [1.807, 2.05) is 69.2 Å². The molecule has 0 rings (SSSR count). The molecule has 0 aromatic rings. The summed E-state index contributed by atoms with van der Waals surface area (Å²) >= 11 is 14.1. The van der Waals surface area contributed by atoms with E-state index in [0.29, 0.717) is 38.3 Å². The molecule has 0 amide bonds. The van der Waals surface area contributed by atoms with Gasteiger partial charge in [-0.05, 0) is 51.4 Å². The van der Waals surface area contributed by atoms with Crippen molar-refractivity contribution in [3.05, 3.63) is 0 Å². The van der Waals surface area contributed by atoms with Gasteiger partial charge in [-0.1, -0.05) is 104 Å². The molecule has 0 bridgehead atoms. The molecule has 0 radical (unpaired) electrons. The molecule has 0 spiro atoms. The Kier molecular flexibility index (Phi) is 52.3. The standard InChI is InChI=1S/3C8H19O3PS.2K.Na/c1-7(2)5-10-12(9,13)11-6-8(3)4;1-5-7(3)10-12(9,13)11-8(4)6-2;1-3-5-7-10-12(9,13)11-8-6-4-2;;;/h2*7-8H,5-6H2,1-4H3,(H,9,13);3-8H2,1-2H3,(H,9,13);;;/q;;;3*+1/p-3. The Morgan fingerprint density at radius 1 is 0.548 bits per heavy atom. The third kappa shape index (κ3) is 48.0. The van der Waals surface area contributed by atoms with Gasteiger partial charge < -0.3 is 41.8 Å². The molecule has 0 heterocycles. The van der Waals surface area contributed by atoms with Gasteiger partial charge in [-0.25, -0.2) is 0 Å². The van der Waals surface area contributed by atoms with Crippen molar-refractivity contribution in [1.29, 1.82) is 0 Å². The monoisotopic (exact) mass is 776 g/mol. The predicted molar refractivity (Wildman–Crippen MR) is 168 cm³/mol. The Morgan fingerprint density at radius 3 is 1.07 bits per heavy atom. The number of unbranched alkanes of at least 4 members (excludes halogenated alkanes) is 2. The minimum atomic E-state index is -3.25. The van der Waals surface area contributed by atoms with Crippen LogP contribution in [0.4, 0.5) is 0 Å². The summed E-state index contributed by atoms with van der Waals surface area (Å²) in [6.07, 6.45) is 5.11. The molecule has 0 aliphatic carbocycles. The van der Waals surface area contributed by atoms with Gasteiger partial charge in [-0.3, -0.25) is 0 Å². The van der Waals surface area contributed by atoms with Gasteiger partial charge in [0.25, 0.3) is 0 Å². The van der Waals surface area contributed by atoms with E-state index in [4.69, 9.17) is 50.8 Å². The van der Waals surface area contributed by atoms with Crippen molar-refractivity contribution in [2.45, 2.75) is 120 Å². The van der Waals surface area contributed by atoms with E-state index in [-0.39, 0.29) is 145 Å². The maximum absolute atomic E-state index is 11.5. The summed E-state index contributed by atoms with van der Waals surface area (Å²) in [4.78, 5) is 34.2. The molecule has 0 N–H and O–H groups in total. The first kappa shape index (κ1) is 60.0. The molecule has 2 unspecified atom stereocenters. The third-order valence-electron chi connectivity index (χ3n) is 4.39. The minimum Gasteiger partial charge on any atom is -0.780 e. The van der Waals surface area contributed by atoms with Crippen LogP contribution in [0, 0.1) is 11.8 Å². The van der Waals surface area contributed by atoms with E-state index >= 15 is 0 Å². The number of hydrogen-bond acceptors (Lipinski definition) is 12. The van der Waals surface area contributed by atoms with Gasteiger partial charge in [-0.15, -0.1) is 0 Å². The van der Waals surface area contributed by atoms with E-state index in [9.17, 15) is 14.7 Å². The maximum atomic E-state index is 11.5. The van der Waals surface area contributed by atoms with Gasteiger partial charge in [0.1, 0.15) is 20.2 Å². The van der Waals surface area contributed by atoms with Gasteiger partial charge in [0, 0.05) is 0 Å². The summed E-state index contributed by atoms with van der Waals surface area (Å²) in [5, 5.41) is 0. The number of hydrogen-bond donors (Lipinski definition) is 0. The first-order valence-electron chi connectivity index (χ1n) is 13.7. The van der Waals surface area contributed by atoms with Crippen molar-refractivity contribution in [3.63, 3.8) is 0 Å². The topological polar surface area (TPSA) is 125 Å². The van der Waals surface area contributed by atoms with Gasteiger partial charge in [0.2, 0.25) is 0 Å². The number of rotatable bonds is 20. The van der Waals surface area contributed by atoms with Crippen LogP contribution in [0.2, 0.25) is 0 Å². The fourth-order valence-electron chi connectivity index (χ4n) is 1.81. The zero-order chi connectivity index (χ0) is 31.1. The van der Waals surface area contributed by atoms with E-state index < -0.39 is 20.2 Å². The van der Waals surface area contributed by atoms with Crippen molar-refractivity contribution >= 4 is 55.6 Å². The third-order valence-corrected chi connectivity index (χ3v) is 9.34. The predicted octanol–water partition coefficient (Wildman–Crippen LogP) is -2.67. The van der Waals surface area contributed by atoms with Crippen molar-refractivity contribution in [1.82, 2.24) is 0 Å².